The molecule has 0 unspecified atom stereocenters. The van der Waals surface area contributed by atoms with Gasteiger partial charge in [0, 0.05) is 12.6 Å². The average Bonchev–Trinajstić information content (AvgIpc) is 2.60. The fourth-order valence-electron chi connectivity index (χ4n) is 2.32. The molecule has 0 radical (unpaired) electrons. The lowest BCUT2D eigenvalue weighted by Gasteiger charge is -2.11. The maximum Gasteiger partial charge on any atom is 0.340 e. The third-order valence-electron chi connectivity index (χ3n) is 3.65. The van der Waals surface area contributed by atoms with Crippen molar-refractivity contribution >= 4 is 29.2 Å². The van der Waals surface area contributed by atoms with Gasteiger partial charge in [0.25, 0.3) is 5.91 Å². The predicted molar refractivity (Wildman–Crippen MR) is 100 cm³/mol. The number of anilines is 2. The van der Waals surface area contributed by atoms with E-state index in [-0.39, 0.29) is 11.5 Å². The van der Waals surface area contributed by atoms with Crippen LogP contribution in [-0.2, 0) is 14.3 Å². The molecule has 0 aliphatic carbocycles. The van der Waals surface area contributed by atoms with Crippen molar-refractivity contribution in [3.8, 4) is 0 Å². The summed E-state index contributed by atoms with van der Waals surface area (Å²) in [6, 6.07) is 14.0. The van der Waals surface area contributed by atoms with Crippen LogP contribution in [0.2, 0.25) is 0 Å². The maximum atomic E-state index is 12.2. The van der Waals surface area contributed by atoms with Gasteiger partial charge in [-0.15, -0.1) is 0 Å². The summed E-state index contributed by atoms with van der Waals surface area (Å²) < 4.78 is 5.04. The van der Waals surface area contributed by atoms with E-state index in [9.17, 15) is 14.4 Å². The van der Waals surface area contributed by atoms with E-state index in [1.807, 2.05) is 12.1 Å². The van der Waals surface area contributed by atoms with E-state index in [4.69, 9.17) is 4.74 Å². The van der Waals surface area contributed by atoms with Crippen molar-refractivity contribution in [3.63, 3.8) is 0 Å². The summed E-state index contributed by atoms with van der Waals surface area (Å²) in [5.41, 5.74) is 2.34. The summed E-state index contributed by atoms with van der Waals surface area (Å²) in [6.07, 6.45) is 0. The molecule has 0 heterocycles. The minimum Gasteiger partial charge on any atom is -0.452 e. The summed E-state index contributed by atoms with van der Waals surface area (Å²) in [4.78, 5) is 35.3. The minimum atomic E-state index is -0.681. The van der Waals surface area contributed by atoms with Crippen LogP contribution >= 0.6 is 0 Å². The lowest BCUT2D eigenvalue weighted by atomic mass is 10.0. The monoisotopic (exact) mass is 354 g/mol. The Bertz CT molecular complexity index is 798. The number of benzene rings is 2. The Kier molecular flexibility index (Phi) is 6.49. The summed E-state index contributed by atoms with van der Waals surface area (Å²) in [5, 5.41) is 5.23. The smallest absolute Gasteiger partial charge is 0.340 e. The number of carbonyl (C=O) groups is 3. The third kappa shape index (κ3) is 5.44. The van der Waals surface area contributed by atoms with Gasteiger partial charge in [-0.05, 0) is 35.7 Å². The summed E-state index contributed by atoms with van der Waals surface area (Å²) in [5.74, 6) is -1.01. The van der Waals surface area contributed by atoms with Gasteiger partial charge in [-0.25, -0.2) is 4.79 Å². The van der Waals surface area contributed by atoms with Crippen molar-refractivity contribution in [2.24, 2.45) is 0 Å². The van der Waals surface area contributed by atoms with E-state index >= 15 is 0 Å². The molecule has 26 heavy (non-hydrogen) atoms. The van der Waals surface area contributed by atoms with Gasteiger partial charge in [-0.3, -0.25) is 9.59 Å². The molecule has 0 aliphatic rings. The highest BCUT2D eigenvalue weighted by atomic mass is 16.5. The summed E-state index contributed by atoms with van der Waals surface area (Å²) in [7, 11) is 0. The Labute approximate surface area is 152 Å². The SMILES string of the molecule is CC(=O)Nc1ccccc1C(=O)OCC(=O)Nc1ccc(C(C)C)cc1. The zero-order chi connectivity index (χ0) is 19.1. The van der Waals surface area contributed by atoms with Gasteiger partial charge in [0.05, 0.1) is 11.3 Å². The first-order valence-corrected chi connectivity index (χ1v) is 8.30. The molecular weight excluding hydrogens is 332 g/mol. The number of carbonyl (C=O) groups excluding carboxylic acids is 3. The molecule has 0 spiro atoms. The molecule has 6 heteroatoms. The molecule has 0 saturated heterocycles. The molecule has 2 rings (SSSR count). The second-order valence-electron chi connectivity index (χ2n) is 6.13. The zero-order valence-electron chi connectivity index (χ0n) is 15.0. The molecule has 2 aromatic rings. The van der Waals surface area contributed by atoms with Crippen LogP contribution < -0.4 is 10.6 Å². The van der Waals surface area contributed by atoms with Crippen molar-refractivity contribution in [2.75, 3.05) is 17.2 Å². The molecule has 136 valence electrons. The fourth-order valence-corrected chi connectivity index (χ4v) is 2.32. The van der Waals surface area contributed by atoms with E-state index in [0.29, 0.717) is 17.3 Å². The van der Waals surface area contributed by atoms with Crippen LogP contribution in [0.1, 0.15) is 42.6 Å². The van der Waals surface area contributed by atoms with E-state index in [1.165, 1.54) is 18.6 Å². The highest BCUT2D eigenvalue weighted by Gasteiger charge is 2.15. The lowest BCUT2D eigenvalue weighted by molar-refractivity contribution is -0.119. The van der Waals surface area contributed by atoms with Crippen molar-refractivity contribution in [2.45, 2.75) is 26.7 Å². The van der Waals surface area contributed by atoms with Crippen molar-refractivity contribution in [3.05, 3.63) is 59.7 Å². The number of rotatable bonds is 6. The standard InChI is InChI=1S/C20H22N2O4/c1-13(2)15-8-10-16(11-9-15)22-19(24)12-26-20(25)17-6-4-5-7-18(17)21-14(3)23/h4-11,13H,12H2,1-3H3,(H,21,23)(H,22,24). The van der Waals surface area contributed by atoms with Gasteiger partial charge in [-0.1, -0.05) is 38.1 Å². The Morgan fingerprint density at radius 2 is 1.62 bits per heavy atom. The number of esters is 1. The lowest BCUT2D eigenvalue weighted by Crippen LogP contribution is -2.21. The normalized spacial score (nSPS) is 10.3. The van der Waals surface area contributed by atoms with Crippen molar-refractivity contribution < 1.29 is 19.1 Å². The van der Waals surface area contributed by atoms with Crippen molar-refractivity contribution in [1.29, 1.82) is 0 Å². The van der Waals surface area contributed by atoms with Crippen LogP contribution in [0, 0.1) is 0 Å². The number of para-hydroxylation sites is 1. The van der Waals surface area contributed by atoms with Gasteiger partial charge in [0.1, 0.15) is 0 Å². The molecule has 2 aromatic carbocycles. The minimum absolute atomic E-state index is 0.191. The number of hydrogen-bond donors (Lipinski definition) is 2. The van der Waals surface area contributed by atoms with E-state index in [2.05, 4.69) is 24.5 Å². The fraction of sp³-hybridized carbons (Fsp3) is 0.250. The summed E-state index contributed by atoms with van der Waals surface area (Å²) in [6.45, 7) is 5.11. The van der Waals surface area contributed by atoms with Crippen LogP contribution in [0.15, 0.2) is 48.5 Å². The van der Waals surface area contributed by atoms with Crippen molar-refractivity contribution in [1.82, 2.24) is 0 Å². The Hall–Kier alpha value is -3.15. The highest BCUT2D eigenvalue weighted by molar-refractivity contribution is 6.02. The molecule has 0 fully saturated rings. The number of ether oxygens (including phenoxy) is 1. The van der Waals surface area contributed by atoms with Gasteiger partial charge in [0.15, 0.2) is 6.61 Å². The molecule has 0 aromatic heterocycles. The number of nitrogens with one attached hydrogen (secondary N) is 2. The molecule has 2 N–H and O–H groups in total. The van der Waals surface area contributed by atoms with Gasteiger partial charge in [0.2, 0.25) is 5.91 Å². The number of hydrogen-bond acceptors (Lipinski definition) is 4. The van der Waals surface area contributed by atoms with Crippen LogP contribution in [0.4, 0.5) is 11.4 Å². The first kappa shape index (κ1) is 19.2. The van der Waals surface area contributed by atoms with Gasteiger partial charge >= 0.3 is 5.97 Å². The second kappa shape index (κ2) is 8.80. The number of amides is 2. The third-order valence-corrected chi connectivity index (χ3v) is 3.65. The molecule has 2 amide bonds. The Morgan fingerprint density at radius 3 is 2.23 bits per heavy atom. The van der Waals surface area contributed by atoms with Crippen LogP contribution in [0.25, 0.3) is 0 Å². The highest BCUT2D eigenvalue weighted by Crippen LogP contribution is 2.18. The largest absolute Gasteiger partial charge is 0.452 e. The van der Waals surface area contributed by atoms with E-state index in [1.54, 1.807) is 30.3 Å². The van der Waals surface area contributed by atoms with Crippen LogP contribution in [0.5, 0.6) is 0 Å². The molecular formula is C20H22N2O4. The Morgan fingerprint density at radius 1 is 0.962 bits per heavy atom. The van der Waals surface area contributed by atoms with E-state index < -0.39 is 18.5 Å². The first-order chi connectivity index (χ1) is 12.4. The maximum absolute atomic E-state index is 12.2. The van der Waals surface area contributed by atoms with Crippen LogP contribution in [0.3, 0.4) is 0 Å². The predicted octanol–water partition coefficient (Wildman–Crippen LogP) is 3.56. The second-order valence-corrected chi connectivity index (χ2v) is 6.13. The first-order valence-electron chi connectivity index (χ1n) is 8.30. The average molecular weight is 354 g/mol. The van der Waals surface area contributed by atoms with Gasteiger partial charge < -0.3 is 15.4 Å². The molecule has 0 bridgehead atoms. The molecule has 0 aliphatic heterocycles. The summed E-state index contributed by atoms with van der Waals surface area (Å²) >= 11 is 0. The Balaban J connectivity index is 1.93. The van der Waals surface area contributed by atoms with Crippen LogP contribution in [-0.4, -0.2) is 24.4 Å². The molecule has 6 nitrogen and oxygen atoms in total. The zero-order valence-corrected chi connectivity index (χ0v) is 15.0. The van der Waals surface area contributed by atoms with Gasteiger partial charge in [-0.2, -0.15) is 0 Å². The van der Waals surface area contributed by atoms with E-state index in [0.717, 1.165) is 0 Å². The topological polar surface area (TPSA) is 84.5 Å². The quantitative estimate of drug-likeness (QED) is 0.777. The molecule has 0 atom stereocenters. The molecule has 0 saturated carbocycles.